The number of benzene rings is 1. The van der Waals surface area contributed by atoms with Crippen LogP contribution in [0, 0.1) is 0 Å². The summed E-state index contributed by atoms with van der Waals surface area (Å²) in [5.41, 5.74) is 5.96. The minimum Gasteiger partial charge on any atom is -0.383 e. The van der Waals surface area contributed by atoms with Gasteiger partial charge in [0.15, 0.2) is 5.69 Å². The number of aromatic nitrogens is 2. The number of likely N-dealkylation sites (N-methyl/N-ethyl adjacent to an activating group) is 1. The van der Waals surface area contributed by atoms with Crippen LogP contribution in [0.15, 0.2) is 33.9 Å². The van der Waals surface area contributed by atoms with Crippen LogP contribution in [0.25, 0.3) is 0 Å². The molecule has 0 bridgehead atoms. The van der Waals surface area contributed by atoms with Crippen molar-refractivity contribution < 1.29 is 4.79 Å². The molecule has 1 aromatic carbocycles. The van der Waals surface area contributed by atoms with Crippen molar-refractivity contribution >= 4 is 29.0 Å². The zero-order valence-electron chi connectivity index (χ0n) is 18.5. The van der Waals surface area contributed by atoms with Crippen LogP contribution in [0.4, 0.5) is 11.5 Å². The number of nitrogens with zero attached hydrogens (tertiary/aromatic N) is 3. The first kappa shape index (κ1) is 24.7. The predicted octanol–water partition coefficient (Wildman–Crippen LogP) is 2.84. The van der Waals surface area contributed by atoms with Gasteiger partial charge in [-0.2, -0.15) is 0 Å². The average Bonchev–Trinajstić information content (AvgIpc) is 2.74. The fraction of sp³-hybridized carbons (Fsp3) is 0.500. The molecule has 0 spiro atoms. The molecular formula is C22H32ClN5O3. The van der Waals surface area contributed by atoms with Gasteiger partial charge in [0, 0.05) is 24.7 Å². The number of anilines is 2. The fourth-order valence-corrected chi connectivity index (χ4v) is 3.58. The summed E-state index contributed by atoms with van der Waals surface area (Å²) in [5, 5.41) is 0.642. The number of aromatic amines is 1. The van der Waals surface area contributed by atoms with Gasteiger partial charge in [-0.1, -0.05) is 57.0 Å². The Hall–Kier alpha value is -2.58. The Morgan fingerprint density at radius 2 is 1.87 bits per heavy atom. The van der Waals surface area contributed by atoms with Crippen LogP contribution in [-0.2, 0) is 17.9 Å². The summed E-state index contributed by atoms with van der Waals surface area (Å²) in [6.07, 6.45) is 2.21. The molecule has 1 aromatic heterocycles. The number of halogens is 1. The summed E-state index contributed by atoms with van der Waals surface area (Å²) < 4.78 is 1.31. The monoisotopic (exact) mass is 449 g/mol. The molecule has 0 aliphatic rings. The number of hydrogen-bond acceptors (Lipinski definition) is 5. The lowest BCUT2D eigenvalue weighted by atomic mass is 10.2. The van der Waals surface area contributed by atoms with Gasteiger partial charge in [0.05, 0.1) is 6.54 Å². The van der Waals surface area contributed by atoms with Crippen LogP contribution in [0.1, 0.15) is 45.6 Å². The summed E-state index contributed by atoms with van der Waals surface area (Å²) in [5.74, 6) is -0.226. The Morgan fingerprint density at radius 3 is 2.48 bits per heavy atom. The molecule has 170 valence electrons. The molecule has 2 aromatic rings. The molecule has 0 aliphatic heterocycles. The smallest absolute Gasteiger partial charge is 0.330 e. The number of carbonyl (C=O) groups excluding carboxylic acids is 1. The Bertz CT molecular complexity index is 1000. The van der Waals surface area contributed by atoms with Crippen molar-refractivity contribution in [3.8, 4) is 0 Å². The maximum Gasteiger partial charge on any atom is 0.330 e. The first-order valence-corrected chi connectivity index (χ1v) is 11.1. The number of H-pyrrole nitrogens is 1. The van der Waals surface area contributed by atoms with Gasteiger partial charge in [-0.15, -0.1) is 0 Å². The molecule has 0 atom stereocenters. The van der Waals surface area contributed by atoms with Crippen LogP contribution in [0.2, 0.25) is 5.02 Å². The molecule has 3 N–H and O–H groups in total. The number of carbonyl (C=O) groups is 1. The van der Waals surface area contributed by atoms with Crippen molar-refractivity contribution in [1.82, 2.24) is 14.5 Å². The molecule has 0 fully saturated rings. The van der Waals surface area contributed by atoms with Gasteiger partial charge in [-0.25, -0.2) is 4.79 Å². The van der Waals surface area contributed by atoms with Crippen molar-refractivity contribution in [1.29, 1.82) is 0 Å². The van der Waals surface area contributed by atoms with Crippen LogP contribution in [0.3, 0.4) is 0 Å². The van der Waals surface area contributed by atoms with Gasteiger partial charge in [0.25, 0.3) is 5.56 Å². The highest BCUT2D eigenvalue weighted by Gasteiger charge is 2.25. The van der Waals surface area contributed by atoms with Gasteiger partial charge in [-0.05, 0) is 31.0 Å². The summed E-state index contributed by atoms with van der Waals surface area (Å²) in [7, 11) is 0. The van der Waals surface area contributed by atoms with Crippen molar-refractivity contribution in [2.45, 2.75) is 53.1 Å². The standard InChI is InChI=1S/C22H32ClN5O3/c1-4-7-13-27(19-20(24)28(12-5-2)22(31)25-21(19)30)18(29)15-26(6-3)14-16-10-8-9-11-17(16)23/h8-11H,4-7,12-15,24H2,1-3H3,(H,25,30,31). The summed E-state index contributed by atoms with van der Waals surface area (Å²) >= 11 is 6.28. The van der Waals surface area contributed by atoms with Crippen molar-refractivity contribution in [2.24, 2.45) is 0 Å². The molecule has 9 heteroatoms. The fourth-order valence-electron chi connectivity index (χ4n) is 3.38. The van der Waals surface area contributed by atoms with E-state index in [-0.39, 0.29) is 24.0 Å². The van der Waals surface area contributed by atoms with Gasteiger partial charge in [-0.3, -0.25) is 24.0 Å². The van der Waals surface area contributed by atoms with Gasteiger partial charge < -0.3 is 10.6 Å². The quantitative estimate of drug-likeness (QED) is 0.548. The highest BCUT2D eigenvalue weighted by molar-refractivity contribution is 6.31. The number of amides is 1. The second-order valence-electron chi connectivity index (χ2n) is 7.44. The summed E-state index contributed by atoms with van der Waals surface area (Å²) in [6.45, 7) is 7.80. The van der Waals surface area contributed by atoms with Crippen molar-refractivity contribution in [3.05, 3.63) is 55.7 Å². The largest absolute Gasteiger partial charge is 0.383 e. The zero-order valence-corrected chi connectivity index (χ0v) is 19.2. The van der Waals surface area contributed by atoms with Crippen molar-refractivity contribution in [3.63, 3.8) is 0 Å². The van der Waals surface area contributed by atoms with Crippen molar-refractivity contribution in [2.75, 3.05) is 30.3 Å². The molecule has 0 aliphatic carbocycles. The van der Waals surface area contributed by atoms with E-state index in [0.717, 1.165) is 12.0 Å². The molecule has 0 saturated carbocycles. The number of unbranched alkanes of at least 4 members (excludes halogenated alkanes) is 1. The molecule has 2 rings (SSSR count). The second kappa shape index (κ2) is 11.7. The van der Waals surface area contributed by atoms with E-state index >= 15 is 0 Å². The minimum absolute atomic E-state index is 0.0224. The molecular weight excluding hydrogens is 418 g/mol. The topological polar surface area (TPSA) is 104 Å². The maximum atomic E-state index is 13.3. The highest BCUT2D eigenvalue weighted by atomic mass is 35.5. The Morgan fingerprint density at radius 1 is 1.16 bits per heavy atom. The lowest BCUT2D eigenvalue weighted by Gasteiger charge is -2.28. The van der Waals surface area contributed by atoms with E-state index < -0.39 is 11.2 Å². The lowest BCUT2D eigenvalue weighted by Crippen LogP contribution is -2.45. The molecule has 0 unspecified atom stereocenters. The van der Waals surface area contributed by atoms with Crippen LogP contribution < -0.4 is 21.9 Å². The average molecular weight is 450 g/mol. The normalized spacial score (nSPS) is 11.1. The van der Waals surface area contributed by atoms with E-state index in [1.807, 2.05) is 49.9 Å². The number of rotatable bonds is 11. The molecule has 0 saturated heterocycles. The maximum absolute atomic E-state index is 13.3. The second-order valence-corrected chi connectivity index (χ2v) is 7.85. The first-order valence-electron chi connectivity index (χ1n) is 10.7. The molecule has 0 radical (unpaired) electrons. The molecule has 1 amide bonds. The summed E-state index contributed by atoms with van der Waals surface area (Å²) in [4.78, 5) is 43.8. The van der Waals surface area contributed by atoms with E-state index in [1.54, 1.807) is 0 Å². The van der Waals surface area contributed by atoms with Crippen LogP contribution in [0.5, 0.6) is 0 Å². The molecule has 8 nitrogen and oxygen atoms in total. The predicted molar refractivity (Wildman–Crippen MR) is 126 cm³/mol. The van der Waals surface area contributed by atoms with E-state index in [0.29, 0.717) is 44.0 Å². The summed E-state index contributed by atoms with van der Waals surface area (Å²) in [6, 6.07) is 7.51. The number of nitrogens with one attached hydrogen (secondary N) is 1. The number of nitrogen functional groups attached to an aromatic ring is 1. The highest BCUT2D eigenvalue weighted by Crippen LogP contribution is 2.20. The van der Waals surface area contributed by atoms with Gasteiger partial charge >= 0.3 is 5.69 Å². The number of hydrogen-bond donors (Lipinski definition) is 2. The lowest BCUT2D eigenvalue weighted by molar-refractivity contribution is -0.119. The third kappa shape index (κ3) is 6.21. The van der Waals surface area contributed by atoms with Crippen LogP contribution in [-0.4, -0.2) is 40.0 Å². The van der Waals surface area contributed by atoms with E-state index in [1.165, 1.54) is 9.47 Å². The first-order chi connectivity index (χ1) is 14.8. The minimum atomic E-state index is -0.645. The Labute approximate surface area is 187 Å². The molecule has 1 heterocycles. The van der Waals surface area contributed by atoms with E-state index in [2.05, 4.69) is 4.98 Å². The van der Waals surface area contributed by atoms with E-state index in [9.17, 15) is 14.4 Å². The third-order valence-corrected chi connectivity index (χ3v) is 5.49. The Kier molecular flexibility index (Phi) is 9.33. The van der Waals surface area contributed by atoms with E-state index in [4.69, 9.17) is 17.3 Å². The SMILES string of the molecule is CCCCN(C(=O)CN(CC)Cc1ccccc1Cl)c1c(N)n(CCC)c(=O)[nH]c1=O. The number of nitrogens with two attached hydrogens (primary N) is 1. The van der Waals surface area contributed by atoms with Gasteiger partial charge in [0.2, 0.25) is 5.91 Å². The van der Waals surface area contributed by atoms with Crippen LogP contribution >= 0.6 is 11.6 Å². The third-order valence-electron chi connectivity index (χ3n) is 5.13. The molecule has 31 heavy (non-hydrogen) atoms. The Balaban J connectivity index is 2.36. The van der Waals surface area contributed by atoms with Gasteiger partial charge in [0.1, 0.15) is 5.82 Å². The zero-order chi connectivity index (χ0) is 23.0.